The Labute approximate surface area is 146 Å². The van der Waals surface area contributed by atoms with Crippen LogP contribution in [0.25, 0.3) is 0 Å². The molecule has 2 fully saturated rings. The lowest BCUT2D eigenvalue weighted by atomic mass is 9.97. The van der Waals surface area contributed by atoms with Gasteiger partial charge in [0.25, 0.3) is 0 Å². The van der Waals surface area contributed by atoms with Crippen LogP contribution >= 0.6 is 0 Å². The quantitative estimate of drug-likeness (QED) is 0.353. The van der Waals surface area contributed by atoms with Gasteiger partial charge in [0, 0.05) is 44.7 Å². The maximum absolute atomic E-state index is 11.6. The second-order valence-corrected chi connectivity index (χ2v) is 7.31. The van der Waals surface area contributed by atoms with Gasteiger partial charge in [0.1, 0.15) is 0 Å². The lowest BCUT2D eigenvalue weighted by Gasteiger charge is -2.34. The normalized spacial score (nSPS) is 22.5. The lowest BCUT2D eigenvalue weighted by molar-refractivity contribution is -0.122. The van der Waals surface area contributed by atoms with Crippen molar-refractivity contribution in [1.82, 2.24) is 20.9 Å². The second kappa shape index (κ2) is 9.87. The third-order valence-electron chi connectivity index (χ3n) is 4.80. The van der Waals surface area contributed by atoms with Gasteiger partial charge in [-0.3, -0.25) is 9.79 Å². The molecule has 0 spiro atoms. The van der Waals surface area contributed by atoms with Crippen molar-refractivity contribution < 1.29 is 4.79 Å². The number of nitrogens with zero attached hydrogens (tertiary/aromatic N) is 2. The van der Waals surface area contributed by atoms with Crippen molar-refractivity contribution >= 4 is 11.9 Å². The van der Waals surface area contributed by atoms with E-state index < -0.39 is 0 Å². The number of likely N-dealkylation sites (tertiary alicyclic amines) is 1. The van der Waals surface area contributed by atoms with Crippen LogP contribution in [0.1, 0.15) is 46.5 Å². The number of carbonyl (C=O) groups is 1. The zero-order valence-corrected chi connectivity index (χ0v) is 15.6. The fraction of sp³-hybridized carbons (Fsp3) is 0.889. The highest BCUT2D eigenvalue weighted by Gasteiger charge is 2.29. The molecule has 1 aliphatic carbocycles. The van der Waals surface area contributed by atoms with E-state index in [9.17, 15) is 4.79 Å². The first-order valence-electron chi connectivity index (χ1n) is 9.64. The average molecular weight is 338 g/mol. The molecule has 1 saturated carbocycles. The van der Waals surface area contributed by atoms with Crippen LogP contribution in [0.4, 0.5) is 0 Å². The molecule has 1 atom stereocenters. The Kier molecular flexibility index (Phi) is 7.82. The van der Waals surface area contributed by atoms with E-state index in [0.29, 0.717) is 25.0 Å². The molecule has 6 heteroatoms. The smallest absolute Gasteiger partial charge is 0.223 e. The van der Waals surface area contributed by atoms with Gasteiger partial charge in [0.05, 0.1) is 0 Å². The average Bonchev–Trinajstić information content (AvgIpc) is 3.41. The van der Waals surface area contributed by atoms with E-state index in [0.717, 1.165) is 38.4 Å². The maximum Gasteiger partial charge on any atom is 0.223 e. The number of hydrogen-bond acceptors (Lipinski definition) is 3. The first-order chi connectivity index (χ1) is 11.6. The summed E-state index contributed by atoms with van der Waals surface area (Å²) < 4.78 is 0. The van der Waals surface area contributed by atoms with Gasteiger partial charge in [-0.15, -0.1) is 0 Å². The highest BCUT2D eigenvalue weighted by atomic mass is 16.2. The fourth-order valence-electron chi connectivity index (χ4n) is 3.13. The van der Waals surface area contributed by atoms with Crippen molar-refractivity contribution in [3.05, 3.63) is 0 Å². The van der Waals surface area contributed by atoms with Crippen LogP contribution in [0.2, 0.25) is 0 Å². The summed E-state index contributed by atoms with van der Waals surface area (Å²) in [7, 11) is 0. The van der Waals surface area contributed by atoms with Gasteiger partial charge in [-0.25, -0.2) is 0 Å². The molecule has 0 radical (unpaired) electrons. The van der Waals surface area contributed by atoms with E-state index in [1.165, 1.54) is 19.4 Å². The predicted molar refractivity (Wildman–Crippen MR) is 99.1 cm³/mol. The Hall–Kier alpha value is -1.30. The van der Waals surface area contributed by atoms with Crippen LogP contribution in [-0.4, -0.2) is 62.1 Å². The summed E-state index contributed by atoms with van der Waals surface area (Å²) in [4.78, 5) is 18.9. The van der Waals surface area contributed by atoms with Gasteiger partial charge in [0.15, 0.2) is 5.96 Å². The van der Waals surface area contributed by atoms with Crippen molar-refractivity contribution in [2.75, 3.05) is 39.3 Å². The van der Waals surface area contributed by atoms with E-state index >= 15 is 0 Å². The first-order valence-corrected chi connectivity index (χ1v) is 9.64. The van der Waals surface area contributed by atoms with Crippen molar-refractivity contribution in [1.29, 1.82) is 0 Å². The summed E-state index contributed by atoms with van der Waals surface area (Å²) in [5.74, 6) is 1.99. The standard InChI is InChI=1S/C18H35N5O/c1-4-19-18(21-10-9-20-17(24)16-7-8-16)22-12-15-6-5-11-23(13-15)14(2)3/h14-16H,4-13H2,1-3H3,(H,20,24)(H2,19,21,22). The SMILES string of the molecule is CCNC(=NCC1CCCN(C(C)C)C1)NCCNC(=O)C1CC1. The van der Waals surface area contributed by atoms with Gasteiger partial charge < -0.3 is 20.9 Å². The second-order valence-electron chi connectivity index (χ2n) is 7.31. The molecule has 0 aromatic carbocycles. The molecule has 1 heterocycles. The summed E-state index contributed by atoms with van der Waals surface area (Å²) >= 11 is 0. The summed E-state index contributed by atoms with van der Waals surface area (Å²) in [5, 5.41) is 9.59. The van der Waals surface area contributed by atoms with Gasteiger partial charge in [-0.05, 0) is 58.9 Å². The number of nitrogens with one attached hydrogen (secondary N) is 3. The number of piperidine rings is 1. The van der Waals surface area contributed by atoms with E-state index in [1.54, 1.807) is 0 Å². The van der Waals surface area contributed by atoms with Crippen molar-refractivity contribution in [3.8, 4) is 0 Å². The van der Waals surface area contributed by atoms with Crippen LogP contribution in [0, 0.1) is 11.8 Å². The van der Waals surface area contributed by atoms with Gasteiger partial charge in [0.2, 0.25) is 5.91 Å². The van der Waals surface area contributed by atoms with Crippen LogP contribution in [0.5, 0.6) is 0 Å². The molecular formula is C18H35N5O. The first kappa shape index (κ1) is 19.0. The Bertz CT molecular complexity index is 420. The minimum atomic E-state index is 0.203. The highest BCUT2D eigenvalue weighted by Crippen LogP contribution is 2.28. The number of amides is 1. The Balaban J connectivity index is 1.69. The highest BCUT2D eigenvalue weighted by molar-refractivity contribution is 5.81. The van der Waals surface area contributed by atoms with E-state index in [2.05, 4.69) is 41.6 Å². The number of aliphatic imine (C=N–C) groups is 1. The maximum atomic E-state index is 11.6. The third kappa shape index (κ3) is 6.67. The molecule has 1 saturated heterocycles. The van der Waals surface area contributed by atoms with Crippen LogP contribution in [0.15, 0.2) is 4.99 Å². The van der Waals surface area contributed by atoms with E-state index in [4.69, 9.17) is 4.99 Å². The monoisotopic (exact) mass is 337 g/mol. The van der Waals surface area contributed by atoms with Crippen LogP contribution < -0.4 is 16.0 Å². The fourth-order valence-corrected chi connectivity index (χ4v) is 3.13. The largest absolute Gasteiger partial charge is 0.357 e. The van der Waals surface area contributed by atoms with Gasteiger partial charge in [-0.1, -0.05) is 0 Å². The van der Waals surface area contributed by atoms with Crippen molar-refractivity contribution in [2.24, 2.45) is 16.8 Å². The molecular weight excluding hydrogens is 302 g/mol. The molecule has 0 bridgehead atoms. The van der Waals surface area contributed by atoms with Crippen molar-refractivity contribution in [3.63, 3.8) is 0 Å². The molecule has 1 unspecified atom stereocenters. The number of carbonyl (C=O) groups excluding carboxylic acids is 1. The topological polar surface area (TPSA) is 68.8 Å². The molecule has 138 valence electrons. The Morgan fingerprint density at radius 3 is 2.58 bits per heavy atom. The summed E-state index contributed by atoms with van der Waals surface area (Å²) in [6, 6.07) is 0.623. The molecule has 1 amide bonds. The molecule has 0 aromatic rings. The number of hydrogen-bond donors (Lipinski definition) is 3. The summed E-state index contributed by atoms with van der Waals surface area (Å²) in [6.45, 7) is 12.1. The minimum absolute atomic E-state index is 0.203. The molecule has 6 nitrogen and oxygen atoms in total. The van der Waals surface area contributed by atoms with Crippen molar-refractivity contribution in [2.45, 2.75) is 52.5 Å². The van der Waals surface area contributed by atoms with Crippen LogP contribution in [0.3, 0.4) is 0 Å². The molecule has 1 aliphatic heterocycles. The summed E-state index contributed by atoms with van der Waals surface area (Å²) in [6.07, 6.45) is 4.65. The molecule has 2 rings (SSSR count). The Morgan fingerprint density at radius 2 is 1.92 bits per heavy atom. The molecule has 2 aliphatic rings. The van der Waals surface area contributed by atoms with E-state index in [-0.39, 0.29) is 11.8 Å². The van der Waals surface area contributed by atoms with Gasteiger partial charge >= 0.3 is 0 Å². The lowest BCUT2D eigenvalue weighted by Crippen LogP contribution is -2.43. The zero-order chi connectivity index (χ0) is 17.4. The third-order valence-corrected chi connectivity index (χ3v) is 4.80. The molecule has 3 N–H and O–H groups in total. The predicted octanol–water partition coefficient (Wildman–Crippen LogP) is 1.19. The van der Waals surface area contributed by atoms with Gasteiger partial charge in [-0.2, -0.15) is 0 Å². The number of rotatable bonds is 8. The van der Waals surface area contributed by atoms with E-state index in [1.807, 2.05) is 0 Å². The summed E-state index contributed by atoms with van der Waals surface area (Å²) in [5.41, 5.74) is 0. The molecule has 0 aromatic heterocycles. The zero-order valence-electron chi connectivity index (χ0n) is 15.6. The van der Waals surface area contributed by atoms with Crippen LogP contribution in [-0.2, 0) is 4.79 Å². The Morgan fingerprint density at radius 1 is 1.17 bits per heavy atom. The number of guanidine groups is 1. The minimum Gasteiger partial charge on any atom is -0.357 e. The molecule has 24 heavy (non-hydrogen) atoms.